The van der Waals surface area contributed by atoms with E-state index in [1.165, 1.54) is 19.4 Å². The number of pyridine rings is 1. The zero-order valence-electron chi connectivity index (χ0n) is 15.1. The number of carbonyl (C=O) groups excluding carboxylic acids is 2. The Labute approximate surface area is 161 Å². The fraction of sp³-hybridized carbons (Fsp3) is 0.0455. The zero-order chi connectivity index (χ0) is 19.7. The lowest BCUT2D eigenvalue weighted by atomic mass is 9.94. The molecule has 0 aliphatic heterocycles. The molecule has 2 aromatic heterocycles. The van der Waals surface area contributed by atoms with Crippen molar-refractivity contribution in [1.29, 1.82) is 0 Å². The second-order valence-electron chi connectivity index (χ2n) is 6.32. The summed E-state index contributed by atoms with van der Waals surface area (Å²) in [6.07, 6.45) is 3.35. The molecule has 0 saturated carbocycles. The predicted molar refractivity (Wildman–Crippen MR) is 106 cm³/mol. The third kappa shape index (κ3) is 3.12. The van der Waals surface area contributed by atoms with E-state index in [4.69, 9.17) is 10.5 Å². The normalized spacial score (nSPS) is 10.8. The molecular formula is C22H17N3O3. The van der Waals surface area contributed by atoms with Crippen LogP contribution in [-0.2, 0) is 0 Å². The molecule has 2 heterocycles. The third-order valence-electron chi connectivity index (χ3n) is 4.59. The molecule has 0 spiro atoms. The summed E-state index contributed by atoms with van der Waals surface area (Å²) in [4.78, 5) is 32.1. The number of aromatic nitrogens is 2. The van der Waals surface area contributed by atoms with Gasteiger partial charge in [-0.05, 0) is 47.5 Å². The van der Waals surface area contributed by atoms with Crippen molar-refractivity contribution in [1.82, 2.24) is 9.97 Å². The number of ketones is 1. The van der Waals surface area contributed by atoms with Crippen molar-refractivity contribution in [2.45, 2.75) is 0 Å². The lowest BCUT2D eigenvalue weighted by Gasteiger charge is -2.10. The first-order valence-corrected chi connectivity index (χ1v) is 8.63. The molecule has 1 amide bonds. The molecule has 4 aromatic rings. The number of nitrogens with zero attached hydrogens (tertiary/aromatic N) is 1. The average Bonchev–Trinajstić information content (AvgIpc) is 3.21. The average molecular weight is 371 g/mol. The van der Waals surface area contributed by atoms with Crippen LogP contribution >= 0.6 is 0 Å². The van der Waals surface area contributed by atoms with E-state index in [-0.39, 0.29) is 11.3 Å². The number of H-pyrrole nitrogens is 1. The largest absolute Gasteiger partial charge is 0.481 e. The van der Waals surface area contributed by atoms with E-state index in [0.29, 0.717) is 17.0 Å². The monoisotopic (exact) mass is 371 g/mol. The summed E-state index contributed by atoms with van der Waals surface area (Å²) in [6, 6.07) is 15.9. The van der Waals surface area contributed by atoms with Crippen molar-refractivity contribution in [3.63, 3.8) is 0 Å². The van der Waals surface area contributed by atoms with Gasteiger partial charge in [-0.1, -0.05) is 12.1 Å². The number of rotatable bonds is 5. The standard InChI is InChI=1S/C22H17N3O3/c1-28-20-12-13(5-7-25-20)21(26)15-9-14(10-16(11-15)22(23)27)17-3-2-4-19-18(17)6-8-24-19/h2-12,24H,1H3,(H2,23,27). The number of nitrogens with one attached hydrogen (secondary N) is 1. The fourth-order valence-electron chi connectivity index (χ4n) is 3.22. The maximum atomic E-state index is 13.0. The van der Waals surface area contributed by atoms with Crippen molar-refractivity contribution in [3.8, 4) is 17.0 Å². The van der Waals surface area contributed by atoms with Crippen LogP contribution in [0.2, 0.25) is 0 Å². The maximum absolute atomic E-state index is 13.0. The van der Waals surface area contributed by atoms with E-state index in [1.54, 1.807) is 24.3 Å². The smallest absolute Gasteiger partial charge is 0.248 e. The fourth-order valence-corrected chi connectivity index (χ4v) is 3.22. The van der Waals surface area contributed by atoms with Gasteiger partial charge in [0.25, 0.3) is 0 Å². The van der Waals surface area contributed by atoms with Crippen LogP contribution in [0.1, 0.15) is 26.3 Å². The summed E-state index contributed by atoms with van der Waals surface area (Å²) >= 11 is 0. The molecule has 6 heteroatoms. The van der Waals surface area contributed by atoms with E-state index in [9.17, 15) is 9.59 Å². The lowest BCUT2D eigenvalue weighted by molar-refractivity contribution is 0.1000. The number of fused-ring (bicyclic) bond motifs is 1. The molecule has 0 atom stereocenters. The minimum absolute atomic E-state index is 0.244. The number of ether oxygens (including phenoxy) is 1. The number of primary amides is 1. The highest BCUT2D eigenvalue weighted by Gasteiger charge is 2.16. The summed E-state index contributed by atoms with van der Waals surface area (Å²) in [5.74, 6) is -0.495. The molecule has 3 N–H and O–H groups in total. The molecule has 4 rings (SSSR count). The van der Waals surface area contributed by atoms with Crippen molar-refractivity contribution < 1.29 is 14.3 Å². The summed E-state index contributed by atoms with van der Waals surface area (Å²) < 4.78 is 5.09. The molecule has 0 fully saturated rings. The van der Waals surface area contributed by atoms with Gasteiger partial charge in [0.05, 0.1) is 7.11 Å². The third-order valence-corrected chi connectivity index (χ3v) is 4.59. The van der Waals surface area contributed by atoms with Crippen LogP contribution in [0.15, 0.2) is 67.0 Å². The van der Waals surface area contributed by atoms with Gasteiger partial charge in [-0.2, -0.15) is 0 Å². The summed E-state index contributed by atoms with van der Waals surface area (Å²) in [7, 11) is 1.49. The number of amides is 1. The SMILES string of the molecule is COc1cc(C(=O)c2cc(C(N)=O)cc(-c3cccc4[nH]ccc34)c2)ccn1. The van der Waals surface area contributed by atoms with Crippen molar-refractivity contribution >= 4 is 22.6 Å². The summed E-state index contributed by atoms with van der Waals surface area (Å²) in [5, 5.41) is 0.994. The van der Waals surface area contributed by atoms with E-state index in [1.807, 2.05) is 30.5 Å². The Bertz CT molecular complexity index is 1210. The molecule has 6 nitrogen and oxygen atoms in total. The Morgan fingerprint density at radius 3 is 2.61 bits per heavy atom. The van der Waals surface area contributed by atoms with E-state index >= 15 is 0 Å². The molecule has 2 aromatic carbocycles. The number of carbonyl (C=O) groups is 2. The van der Waals surface area contributed by atoms with Gasteiger partial charge in [0.2, 0.25) is 11.8 Å². The van der Waals surface area contributed by atoms with Crippen LogP contribution in [0.5, 0.6) is 5.88 Å². The zero-order valence-corrected chi connectivity index (χ0v) is 15.1. The number of aromatic amines is 1. The Balaban J connectivity index is 1.88. The molecule has 0 radical (unpaired) electrons. The van der Waals surface area contributed by atoms with Gasteiger partial charge >= 0.3 is 0 Å². The van der Waals surface area contributed by atoms with Crippen molar-refractivity contribution in [3.05, 3.63) is 83.7 Å². The molecular weight excluding hydrogens is 354 g/mol. The Kier molecular flexibility index (Phi) is 4.37. The highest BCUT2D eigenvalue weighted by Crippen LogP contribution is 2.30. The minimum Gasteiger partial charge on any atom is -0.481 e. The van der Waals surface area contributed by atoms with Crippen LogP contribution in [0.4, 0.5) is 0 Å². The number of hydrogen-bond donors (Lipinski definition) is 2. The van der Waals surface area contributed by atoms with Crippen LogP contribution in [0.3, 0.4) is 0 Å². The first kappa shape index (κ1) is 17.5. The summed E-state index contributed by atoms with van der Waals surface area (Å²) in [6.45, 7) is 0. The Morgan fingerprint density at radius 2 is 1.82 bits per heavy atom. The topological polar surface area (TPSA) is 98.1 Å². The number of methoxy groups -OCH3 is 1. The van der Waals surface area contributed by atoms with Gasteiger partial charge in [0.1, 0.15) is 0 Å². The van der Waals surface area contributed by atoms with E-state index in [2.05, 4.69) is 9.97 Å². The molecule has 0 aliphatic carbocycles. The van der Waals surface area contributed by atoms with Crippen LogP contribution in [0, 0.1) is 0 Å². The molecule has 0 saturated heterocycles. The maximum Gasteiger partial charge on any atom is 0.248 e. The predicted octanol–water partition coefficient (Wildman–Crippen LogP) is 3.57. The molecule has 0 bridgehead atoms. The van der Waals surface area contributed by atoms with Gasteiger partial charge in [-0.25, -0.2) is 4.98 Å². The lowest BCUT2D eigenvalue weighted by Crippen LogP contribution is -2.13. The van der Waals surface area contributed by atoms with Crippen LogP contribution < -0.4 is 10.5 Å². The van der Waals surface area contributed by atoms with Gasteiger partial charge in [-0.3, -0.25) is 9.59 Å². The summed E-state index contributed by atoms with van der Waals surface area (Å²) in [5.41, 5.74) is 9.19. The number of benzene rings is 2. The van der Waals surface area contributed by atoms with Gasteiger partial charge in [0.15, 0.2) is 5.78 Å². The van der Waals surface area contributed by atoms with Crippen molar-refractivity contribution in [2.24, 2.45) is 5.73 Å². The van der Waals surface area contributed by atoms with Gasteiger partial charge < -0.3 is 15.5 Å². The minimum atomic E-state index is -0.593. The molecule has 28 heavy (non-hydrogen) atoms. The second-order valence-corrected chi connectivity index (χ2v) is 6.32. The highest BCUT2D eigenvalue weighted by molar-refractivity contribution is 6.11. The second kappa shape index (κ2) is 7.00. The number of hydrogen-bond acceptors (Lipinski definition) is 4. The van der Waals surface area contributed by atoms with Crippen LogP contribution in [-0.4, -0.2) is 28.8 Å². The molecule has 0 aliphatic rings. The van der Waals surface area contributed by atoms with Gasteiger partial charge in [0, 0.05) is 46.1 Å². The number of nitrogens with two attached hydrogens (primary N) is 1. The first-order chi connectivity index (χ1) is 13.6. The highest BCUT2D eigenvalue weighted by atomic mass is 16.5. The molecule has 0 unspecified atom stereocenters. The van der Waals surface area contributed by atoms with Crippen molar-refractivity contribution in [2.75, 3.05) is 7.11 Å². The Morgan fingerprint density at radius 1 is 1.00 bits per heavy atom. The Hall–Kier alpha value is -3.93. The quantitative estimate of drug-likeness (QED) is 0.524. The van der Waals surface area contributed by atoms with E-state index in [0.717, 1.165) is 22.0 Å². The van der Waals surface area contributed by atoms with Crippen LogP contribution in [0.25, 0.3) is 22.0 Å². The van der Waals surface area contributed by atoms with E-state index < -0.39 is 5.91 Å². The first-order valence-electron chi connectivity index (χ1n) is 8.63. The van der Waals surface area contributed by atoms with Gasteiger partial charge in [-0.15, -0.1) is 0 Å². The molecule has 138 valence electrons.